The first-order valence-corrected chi connectivity index (χ1v) is 2.36. The highest BCUT2D eigenvalue weighted by Gasteiger charge is 1.75. The Morgan fingerprint density at radius 2 is 2.43 bits per heavy atom. The molecule has 7 heavy (non-hydrogen) atoms. The van der Waals surface area contributed by atoms with E-state index in [1.807, 2.05) is 6.08 Å². The molecule has 0 unspecified atom stereocenters. The van der Waals surface area contributed by atoms with E-state index in [0.29, 0.717) is 6.54 Å². The van der Waals surface area contributed by atoms with Gasteiger partial charge in [0.1, 0.15) is 0 Å². The number of nitrogens with one attached hydrogen (secondary N) is 1. The molecule has 0 amide bonds. The first-order chi connectivity index (χ1) is 3.41. The van der Waals surface area contributed by atoms with Crippen LogP contribution in [0.1, 0.15) is 12.8 Å². The molecule has 0 aromatic carbocycles. The molecule has 0 aliphatic carbocycles. The van der Waals surface area contributed by atoms with Crippen LogP contribution in [0.25, 0.3) is 0 Å². The van der Waals surface area contributed by atoms with Crippen molar-refractivity contribution in [1.29, 1.82) is 5.53 Å². The number of allylic oxidation sites excluding steroid dienone is 1. The van der Waals surface area contributed by atoms with Gasteiger partial charge >= 0.3 is 0 Å². The molecule has 0 atom stereocenters. The third kappa shape index (κ3) is 5.34. The summed E-state index contributed by atoms with van der Waals surface area (Å²) in [6.45, 7) is 4.17. The van der Waals surface area contributed by atoms with E-state index in [4.69, 9.17) is 5.53 Å². The van der Waals surface area contributed by atoms with Crippen LogP contribution in [-0.2, 0) is 0 Å². The second-order valence-corrected chi connectivity index (χ2v) is 1.31. The van der Waals surface area contributed by atoms with Crippen molar-refractivity contribution in [1.82, 2.24) is 0 Å². The fourth-order valence-electron chi connectivity index (χ4n) is 0.315. The minimum atomic E-state index is 0.645. The van der Waals surface area contributed by atoms with Crippen LogP contribution in [0.2, 0.25) is 0 Å². The molecule has 0 spiro atoms. The summed E-state index contributed by atoms with van der Waals surface area (Å²) in [7, 11) is 0. The zero-order chi connectivity index (χ0) is 5.54. The fraction of sp³-hybridized carbons (Fsp3) is 0.600. The Bertz CT molecular complexity index is 51.1. The average molecular weight is 98.1 g/mol. The summed E-state index contributed by atoms with van der Waals surface area (Å²) >= 11 is 0. The zero-order valence-corrected chi connectivity index (χ0v) is 4.35. The van der Waals surface area contributed by atoms with Crippen molar-refractivity contribution in [2.45, 2.75) is 12.8 Å². The van der Waals surface area contributed by atoms with Crippen molar-refractivity contribution in [3.63, 3.8) is 0 Å². The summed E-state index contributed by atoms with van der Waals surface area (Å²) < 4.78 is 0. The summed E-state index contributed by atoms with van der Waals surface area (Å²) in [6.07, 6.45) is 3.78. The van der Waals surface area contributed by atoms with E-state index in [-0.39, 0.29) is 0 Å². The number of rotatable bonds is 4. The molecule has 0 rings (SSSR count). The standard InChI is InChI=1S/C5H10N2/c1-2-3-4-5-7-6/h2,6H,1,3-5H2. The molecule has 1 N–H and O–H groups in total. The molecule has 0 radical (unpaired) electrons. The van der Waals surface area contributed by atoms with Crippen LogP contribution >= 0.6 is 0 Å². The first-order valence-electron chi connectivity index (χ1n) is 2.36. The predicted octanol–water partition coefficient (Wildman–Crippen LogP) is 1.98. The van der Waals surface area contributed by atoms with Crippen molar-refractivity contribution in [3.05, 3.63) is 12.7 Å². The SMILES string of the molecule is C=CCCCN=N. The first kappa shape index (κ1) is 6.34. The van der Waals surface area contributed by atoms with Crippen molar-refractivity contribution >= 4 is 0 Å². The molecule has 0 aromatic rings. The normalized spacial score (nSPS) is 8.00. The zero-order valence-electron chi connectivity index (χ0n) is 4.35. The van der Waals surface area contributed by atoms with Gasteiger partial charge < -0.3 is 0 Å². The van der Waals surface area contributed by atoms with E-state index >= 15 is 0 Å². The predicted molar refractivity (Wildman–Crippen MR) is 29.4 cm³/mol. The van der Waals surface area contributed by atoms with Crippen LogP contribution in [-0.4, -0.2) is 6.54 Å². The molecule has 0 bridgehead atoms. The van der Waals surface area contributed by atoms with Crippen LogP contribution in [0.15, 0.2) is 17.8 Å². The van der Waals surface area contributed by atoms with Crippen molar-refractivity contribution < 1.29 is 0 Å². The summed E-state index contributed by atoms with van der Waals surface area (Å²) in [5.74, 6) is 0. The van der Waals surface area contributed by atoms with Gasteiger partial charge in [0.05, 0.1) is 6.54 Å². The lowest BCUT2D eigenvalue weighted by atomic mass is 10.3. The summed E-state index contributed by atoms with van der Waals surface area (Å²) in [5, 5.41) is 3.18. The maximum atomic E-state index is 6.37. The Morgan fingerprint density at radius 3 is 2.86 bits per heavy atom. The van der Waals surface area contributed by atoms with Crippen molar-refractivity contribution in [2.24, 2.45) is 5.11 Å². The highest BCUT2D eigenvalue weighted by Crippen LogP contribution is 1.87. The third-order valence-electron chi connectivity index (χ3n) is 0.678. The van der Waals surface area contributed by atoms with Gasteiger partial charge in [0.2, 0.25) is 0 Å². The molecular formula is C5H10N2. The van der Waals surface area contributed by atoms with E-state index in [1.54, 1.807) is 0 Å². The lowest BCUT2D eigenvalue weighted by Gasteiger charge is -1.82. The molecule has 0 aromatic heterocycles. The van der Waals surface area contributed by atoms with Gasteiger partial charge in [-0.25, -0.2) is 5.53 Å². The highest BCUT2D eigenvalue weighted by atomic mass is 14.9. The Hall–Kier alpha value is -0.660. The maximum Gasteiger partial charge on any atom is 0.0599 e. The van der Waals surface area contributed by atoms with Gasteiger partial charge in [-0.2, -0.15) is 5.11 Å². The van der Waals surface area contributed by atoms with E-state index < -0.39 is 0 Å². The highest BCUT2D eigenvalue weighted by molar-refractivity contribution is 4.65. The van der Waals surface area contributed by atoms with E-state index in [1.165, 1.54) is 0 Å². The molecule has 0 heterocycles. The van der Waals surface area contributed by atoms with Gasteiger partial charge in [0, 0.05) is 0 Å². The molecule has 0 aliphatic rings. The molecule has 2 heteroatoms. The Kier molecular flexibility index (Phi) is 4.84. The molecule has 40 valence electrons. The molecule has 2 nitrogen and oxygen atoms in total. The number of nitrogens with zero attached hydrogens (tertiary/aromatic N) is 1. The lowest BCUT2D eigenvalue weighted by molar-refractivity contribution is 0.797. The summed E-state index contributed by atoms with van der Waals surface area (Å²) in [6, 6.07) is 0. The molecule has 0 fully saturated rings. The monoisotopic (exact) mass is 98.1 g/mol. The topological polar surface area (TPSA) is 36.2 Å². The van der Waals surface area contributed by atoms with E-state index in [0.717, 1.165) is 12.8 Å². The van der Waals surface area contributed by atoms with Crippen LogP contribution < -0.4 is 0 Å². The third-order valence-corrected chi connectivity index (χ3v) is 0.678. The molecule has 0 saturated heterocycles. The molecule has 0 saturated carbocycles. The second-order valence-electron chi connectivity index (χ2n) is 1.31. The van der Waals surface area contributed by atoms with Crippen LogP contribution in [0.5, 0.6) is 0 Å². The Labute approximate surface area is 43.7 Å². The van der Waals surface area contributed by atoms with Gasteiger partial charge in [-0.1, -0.05) is 6.08 Å². The van der Waals surface area contributed by atoms with Gasteiger partial charge in [-0.3, -0.25) is 0 Å². The summed E-state index contributed by atoms with van der Waals surface area (Å²) in [4.78, 5) is 0. The second kappa shape index (κ2) is 5.34. The minimum absolute atomic E-state index is 0.645. The number of unbranched alkanes of at least 4 members (excludes halogenated alkanes) is 1. The van der Waals surface area contributed by atoms with Crippen molar-refractivity contribution in [2.75, 3.05) is 6.54 Å². The van der Waals surface area contributed by atoms with Gasteiger partial charge in [0.25, 0.3) is 0 Å². The minimum Gasteiger partial charge on any atom is -0.210 e. The Morgan fingerprint density at radius 1 is 1.71 bits per heavy atom. The summed E-state index contributed by atoms with van der Waals surface area (Å²) in [5.41, 5.74) is 6.37. The average Bonchev–Trinajstić information content (AvgIpc) is 1.69. The van der Waals surface area contributed by atoms with Gasteiger partial charge in [0.15, 0.2) is 0 Å². The largest absolute Gasteiger partial charge is 0.210 e. The van der Waals surface area contributed by atoms with E-state index in [9.17, 15) is 0 Å². The van der Waals surface area contributed by atoms with Crippen molar-refractivity contribution in [3.8, 4) is 0 Å². The smallest absolute Gasteiger partial charge is 0.0599 e. The van der Waals surface area contributed by atoms with Crippen LogP contribution in [0.3, 0.4) is 0 Å². The van der Waals surface area contributed by atoms with Crippen LogP contribution in [0.4, 0.5) is 0 Å². The van der Waals surface area contributed by atoms with Gasteiger partial charge in [-0.05, 0) is 12.8 Å². The maximum absolute atomic E-state index is 6.37. The Balaban J connectivity index is 2.68. The van der Waals surface area contributed by atoms with Gasteiger partial charge in [-0.15, -0.1) is 6.58 Å². The number of hydrogen-bond donors (Lipinski definition) is 1. The molecular weight excluding hydrogens is 88.1 g/mol. The fourth-order valence-corrected chi connectivity index (χ4v) is 0.315. The quantitative estimate of drug-likeness (QED) is 0.317. The molecule has 0 aliphatic heterocycles. The van der Waals surface area contributed by atoms with E-state index in [2.05, 4.69) is 11.7 Å². The lowest BCUT2D eigenvalue weighted by Crippen LogP contribution is -1.73. The number of hydrogen-bond acceptors (Lipinski definition) is 2. The van der Waals surface area contributed by atoms with Crippen LogP contribution in [0, 0.1) is 5.53 Å².